The number of rotatable bonds is 16. The second kappa shape index (κ2) is 29.9. The van der Waals surface area contributed by atoms with Crippen LogP contribution >= 0.6 is 22.6 Å². The van der Waals surface area contributed by atoms with Crippen LogP contribution in [0.1, 0.15) is 291 Å². The van der Waals surface area contributed by atoms with Crippen molar-refractivity contribution in [1.82, 2.24) is 0 Å². The molecule has 8 nitrogen and oxygen atoms in total. The van der Waals surface area contributed by atoms with Gasteiger partial charge in [-0.3, -0.25) is 4.57 Å². The first-order chi connectivity index (χ1) is 49.9. The van der Waals surface area contributed by atoms with E-state index in [1.54, 1.807) is 0 Å². The second-order valence-corrected chi connectivity index (χ2v) is 47.6. The van der Waals surface area contributed by atoms with Gasteiger partial charge < -0.3 is 22.6 Å². The second-order valence-electron chi connectivity index (χ2n) is 41.5. The number of aryl methyl sites for hydroxylation is 5. The molecular formula is C99H131O8P3. The van der Waals surface area contributed by atoms with Gasteiger partial charge in [0, 0.05) is 27.8 Å². The molecule has 0 saturated carbocycles. The van der Waals surface area contributed by atoms with E-state index in [0.29, 0.717) is 50.0 Å². The molecule has 0 heterocycles. The normalized spacial score (nSPS) is 13.5. The van der Waals surface area contributed by atoms with Crippen molar-refractivity contribution in [3.63, 3.8) is 0 Å². The molecule has 0 amide bonds. The van der Waals surface area contributed by atoms with Gasteiger partial charge in [0.2, 0.25) is 0 Å². The van der Waals surface area contributed by atoms with E-state index >= 15 is 13.7 Å². The number of benzene rings is 9. The maximum Gasteiger partial charge on any atom is 0.462 e. The van der Waals surface area contributed by atoms with Gasteiger partial charge in [0.25, 0.3) is 0 Å². The van der Waals surface area contributed by atoms with Gasteiger partial charge in [-0.05, 0) is 246 Å². The lowest BCUT2D eigenvalue weighted by molar-refractivity contribution is 0.385. The molecule has 0 aromatic heterocycles. The van der Waals surface area contributed by atoms with Crippen molar-refractivity contribution in [3.05, 3.63) is 241 Å². The summed E-state index contributed by atoms with van der Waals surface area (Å²) >= 11 is 0. The minimum Gasteiger partial charge on any atom is -0.437 e. The van der Waals surface area contributed by atoms with Crippen molar-refractivity contribution in [2.24, 2.45) is 0 Å². The summed E-state index contributed by atoms with van der Waals surface area (Å²) in [6, 6.07) is 52.2. The number of hydrogen-bond donors (Lipinski definition) is 0. The maximum absolute atomic E-state index is 16.8. The van der Waals surface area contributed by atoms with Gasteiger partial charge in [0.05, 0.1) is 21.2 Å². The Kier molecular flexibility index (Phi) is 23.5. The van der Waals surface area contributed by atoms with Crippen molar-refractivity contribution in [2.45, 2.75) is 296 Å². The van der Waals surface area contributed by atoms with E-state index in [-0.39, 0.29) is 54.1 Å². The highest BCUT2D eigenvalue weighted by molar-refractivity contribution is 7.74. The highest BCUT2D eigenvalue weighted by Gasteiger charge is 2.42. The lowest BCUT2D eigenvalue weighted by Crippen LogP contribution is -2.23. The van der Waals surface area contributed by atoms with Crippen LogP contribution in [0.5, 0.6) is 28.7 Å². The topological polar surface area (TPSA) is 97.4 Å². The van der Waals surface area contributed by atoms with Crippen molar-refractivity contribution >= 4 is 43.8 Å². The number of hydrogen-bond acceptors (Lipinski definition) is 8. The van der Waals surface area contributed by atoms with E-state index in [0.717, 1.165) is 77.9 Å². The zero-order valence-corrected chi connectivity index (χ0v) is 76.3. The van der Waals surface area contributed by atoms with Crippen LogP contribution in [-0.4, -0.2) is 0 Å². The zero-order chi connectivity index (χ0) is 82.6. The molecule has 0 aliphatic heterocycles. The molecule has 110 heavy (non-hydrogen) atoms. The van der Waals surface area contributed by atoms with Crippen LogP contribution in [0.2, 0.25) is 0 Å². The van der Waals surface area contributed by atoms with Gasteiger partial charge in [0.15, 0.2) is 0 Å². The molecule has 0 unspecified atom stereocenters. The Morgan fingerprint density at radius 3 is 0.491 bits per heavy atom. The fraction of sp³-hybridized carbons (Fsp3) is 0.455. The average Bonchev–Trinajstić information content (AvgIpc) is 0.761. The minimum atomic E-state index is -4.26. The monoisotopic (exact) mass is 1540 g/mol. The summed E-state index contributed by atoms with van der Waals surface area (Å²) in [5, 5.41) is 1.83. The lowest BCUT2D eigenvalue weighted by atomic mass is 9.78. The molecule has 0 fully saturated rings. The smallest absolute Gasteiger partial charge is 0.437 e. The quantitative estimate of drug-likeness (QED) is 0.0883. The van der Waals surface area contributed by atoms with Gasteiger partial charge in [-0.25, -0.2) is 9.13 Å². The Morgan fingerprint density at radius 1 is 0.191 bits per heavy atom. The van der Waals surface area contributed by atoms with Gasteiger partial charge in [0.1, 0.15) is 28.7 Å². The summed E-state index contributed by atoms with van der Waals surface area (Å²) in [6.45, 7) is 76.1. The van der Waals surface area contributed by atoms with Gasteiger partial charge in [-0.2, -0.15) is 0 Å². The fourth-order valence-electron chi connectivity index (χ4n) is 15.3. The Balaban J connectivity index is 1.15. The Labute approximate surface area is 664 Å². The highest BCUT2D eigenvalue weighted by atomic mass is 31.2. The molecule has 590 valence electrons. The Morgan fingerprint density at radius 2 is 0.336 bits per heavy atom. The van der Waals surface area contributed by atoms with Crippen molar-refractivity contribution < 1.29 is 36.3 Å². The summed E-state index contributed by atoms with van der Waals surface area (Å²) < 4.78 is 85.2. The predicted octanol–water partition coefficient (Wildman–Crippen LogP) is 27.8. The van der Waals surface area contributed by atoms with Gasteiger partial charge in [-0.1, -0.05) is 287 Å². The third-order valence-electron chi connectivity index (χ3n) is 21.3. The summed E-state index contributed by atoms with van der Waals surface area (Å²) in [7, 11) is -12.5. The molecule has 0 aliphatic rings. The van der Waals surface area contributed by atoms with E-state index in [9.17, 15) is 0 Å². The molecule has 0 atom stereocenters. The van der Waals surface area contributed by atoms with Crippen LogP contribution in [0.15, 0.2) is 158 Å². The summed E-state index contributed by atoms with van der Waals surface area (Å²) in [6.07, 6.45) is 0. The molecule has 9 aromatic carbocycles. The molecule has 0 N–H and O–H groups in total. The third-order valence-corrected chi connectivity index (χ3v) is 27.3. The van der Waals surface area contributed by atoms with Crippen molar-refractivity contribution in [3.8, 4) is 51.0 Å². The summed E-state index contributed by atoms with van der Waals surface area (Å²) in [4.78, 5) is 0. The molecule has 9 aromatic rings. The largest absolute Gasteiger partial charge is 0.462 e. The van der Waals surface area contributed by atoms with Crippen LogP contribution in [0.4, 0.5) is 0 Å². The summed E-state index contributed by atoms with van der Waals surface area (Å²) in [5.41, 5.74) is 16.6. The summed E-state index contributed by atoms with van der Waals surface area (Å²) in [5.74, 6) is 2.63. The lowest BCUT2D eigenvalue weighted by Gasteiger charge is -2.32. The Bertz CT molecular complexity index is 4610. The predicted molar refractivity (Wildman–Crippen MR) is 471 cm³/mol. The molecule has 0 radical (unpaired) electrons. The molecule has 9 rings (SSSR count). The van der Waals surface area contributed by atoms with E-state index in [2.05, 4.69) is 279 Å². The van der Waals surface area contributed by atoms with Gasteiger partial charge >= 0.3 is 22.6 Å². The molecule has 0 saturated heterocycles. The van der Waals surface area contributed by atoms with Crippen LogP contribution in [-0.2, 0) is 67.8 Å². The van der Waals surface area contributed by atoms with Crippen molar-refractivity contribution in [1.29, 1.82) is 0 Å². The standard InChI is InChI=1S/C99H131O8P3/c1-62-52-85(80(95(21,22)23)57-75(62)90(6,7)8)103-108(100,71-44-36-67(37-45-71)69-40-48-73(49-41-69)109(101,104-86-53-63(2)76(91(9,10)11)58-81(86)96(24,25)26)105-87-54-64(3)77(92(12,13)14)59-82(87)97(27,28)29)72-46-38-68(39-47-72)70-42-50-74(51-43-70)110(102,106-88-55-65(4)78(93(15,16)17)60-83(88)98(30,31)32)107-89-56-66(5)79(94(18,19)20)61-84(89)99(33,34)35/h36-61H,1-35H3. The molecule has 11 heteroatoms. The van der Waals surface area contributed by atoms with Crippen LogP contribution in [0.3, 0.4) is 0 Å². The molecular weight excluding hydrogens is 1410 g/mol. The first-order valence-corrected chi connectivity index (χ1v) is 44.1. The zero-order valence-electron chi connectivity index (χ0n) is 73.6. The van der Waals surface area contributed by atoms with Crippen LogP contribution < -0.4 is 43.8 Å². The third kappa shape index (κ3) is 19.0. The van der Waals surface area contributed by atoms with Gasteiger partial charge in [-0.15, -0.1) is 0 Å². The Hall–Kier alpha value is -7.33. The molecule has 0 spiro atoms. The molecule has 0 bridgehead atoms. The van der Waals surface area contributed by atoms with E-state index in [1.165, 1.54) is 27.8 Å². The van der Waals surface area contributed by atoms with Crippen molar-refractivity contribution in [2.75, 3.05) is 0 Å². The average molecular weight is 1540 g/mol. The van der Waals surface area contributed by atoms with E-state index < -0.39 is 22.6 Å². The SMILES string of the molecule is Cc1cc(OP(=O)(Oc2cc(C)c(C(C)(C)C)cc2C(C)(C)C)c2ccc(-c3ccc(P(=O)(Oc4cc(C)c(C(C)(C)C)cc4C(C)(C)C)c4ccc(-c5ccc(P(=O)(Oc6cc(C)c(C(C)(C)C)cc6C(C)(C)C)Oc6cc(C)c(C(C)(C)C)cc6C(C)(C)C)cc5)cc4)cc3)cc2)c(C(C)(C)C)cc1C(C)(C)C. The maximum atomic E-state index is 16.8. The molecule has 0 aliphatic carbocycles. The van der Waals surface area contributed by atoms with Crippen LogP contribution in [0.25, 0.3) is 22.3 Å². The first kappa shape index (κ1) is 86.7. The fourth-order valence-corrected chi connectivity index (χ4v) is 20.5. The minimum absolute atomic E-state index is 0.148. The highest BCUT2D eigenvalue weighted by Crippen LogP contribution is 2.57. The van der Waals surface area contributed by atoms with Crippen LogP contribution in [0, 0.1) is 34.6 Å². The first-order valence-electron chi connectivity index (χ1n) is 39.4. The van der Waals surface area contributed by atoms with E-state index in [4.69, 9.17) is 22.6 Å². The van der Waals surface area contributed by atoms with E-state index in [1.807, 2.05) is 121 Å².